The normalized spacial score (nSPS) is 13.8. The Hall–Kier alpha value is -0.160. The monoisotopic (exact) mass is 262 g/mol. The second kappa shape index (κ2) is 10.7. The van der Waals surface area contributed by atoms with Crippen molar-refractivity contribution in [2.45, 2.75) is 57.8 Å². The summed E-state index contributed by atoms with van der Waals surface area (Å²) >= 11 is 0. The molecule has 0 spiro atoms. The van der Waals surface area contributed by atoms with E-state index in [0.29, 0.717) is 0 Å². The van der Waals surface area contributed by atoms with Gasteiger partial charge in [-0.2, -0.15) is 0 Å². The van der Waals surface area contributed by atoms with Gasteiger partial charge in [0.15, 0.2) is 0 Å². The van der Waals surface area contributed by atoms with Crippen molar-refractivity contribution in [2.75, 3.05) is 27.9 Å². The molecule has 0 bridgehead atoms. The maximum atomic E-state index is 9.46. The molecule has 0 amide bonds. The molecule has 0 saturated carbocycles. The maximum absolute atomic E-state index is 9.46. The molecule has 0 aromatic rings. The molecule has 18 heavy (non-hydrogen) atoms. The van der Waals surface area contributed by atoms with Gasteiger partial charge in [0.1, 0.15) is 0 Å². The third-order valence-corrected chi connectivity index (χ3v) is 3.48. The second-order valence-electron chi connectivity index (χ2n) is 4.65. The molecule has 110 valence electrons. The number of ether oxygens (including phenoxy) is 3. The molecule has 0 radical (unpaired) electrons. The molecular formula is C14H30O4. The summed E-state index contributed by atoms with van der Waals surface area (Å²) in [4.78, 5) is 0. The zero-order valence-electron chi connectivity index (χ0n) is 12.4. The number of unbranched alkanes of at least 4 members (excludes halogenated alkanes) is 5. The van der Waals surface area contributed by atoms with E-state index in [2.05, 4.69) is 6.92 Å². The summed E-state index contributed by atoms with van der Waals surface area (Å²) < 4.78 is 15.8. The summed E-state index contributed by atoms with van der Waals surface area (Å²) in [7, 11) is 4.62. The second-order valence-corrected chi connectivity index (χ2v) is 4.65. The van der Waals surface area contributed by atoms with Crippen LogP contribution in [0.15, 0.2) is 0 Å². The summed E-state index contributed by atoms with van der Waals surface area (Å²) in [5.41, 5.74) is 0. The van der Waals surface area contributed by atoms with Crippen LogP contribution in [0, 0.1) is 5.92 Å². The standard InChI is InChI=1S/C14H30O4/c1-5-6-7-8-9-10-11-13(12-15)14(16-2,17-3)18-4/h13,15H,5-12H2,1-4H3. The lowest BCUT2D eigenvalue weighted by Crippen LogP contribution is -2.45. The lowest BCUT2D eigenvalue weighted by atomic mass is 9.98. The van der Waals surface area contributed by atoms with Gasteiger partial charge in [-0.1, -0.05) is 45.4 Å². The van der Waals surface area contributed by atoms with Gasteiger partial charge in [0, 0.05) is 21.3 Å². The Morgan fingerprint density at radius 1 is 0.889 bits per heavy atom. The number of hydrogen-bond donors (Lipinski definition) is 1. The van der Waals surface area contributed by atoms with Crippen LogP contribution in [0.1, 0.15) is 51.9 Å². The van der Waals surface area contributed by atoms with Gasteiger partial charge in [-0.05, 0) is 6.42 Å². The van der Waals surface area contributed by atoms with E-state index in [1.165, 1.54) is 53.4 Å². The van der Waals surface area contributed by atoms with Crippen molar-refractivity contribution in [2.24, 2.45) is 5.92 Å². The van der Waals surface area contributed by atoms with Crippen molar-refractivity contribution in [3.63, 3.8) is 0 Å². The van der Waals surface area contributed by atoms with Crippen LogP contribution in [0.4, 0.5) is 0 Å². The van der Waals surface area contributed by atoms with Crippen molar-refractivity contribution >= 4 is 0 Å². The zero-order chi connectivity index (χ0) is 13.9. The smallest absolute Gasteiger partial charge is 0.287 e. The Bertz CT molecular complexity index is 172. The van der Waals surface area contributed by atoms with Crippen LogP contribution in [0.5, 0.6) is 0 Å². The van der Waals surface area contributed by atoms with Crippen molar-refractivity contribution in [3.8, 4) is 0 Å². The fraction of sp³-hybridized carbons (Fsp3) is 1.00. The van der Waals surface area contributed by atoms with Crippen LogP contribution in [-0.2, 0) is 14.2 Å². The Morgan fingerprint density at radius 3 is 1.83 bits per heavy atom. The van der Waals surface area contributed by atoms with Crippen molar-refractivity contribution in [1.82, 2.24) is 0 Å². The Morgan fingerprint density at radius 2 is 1.39 bits per heavy atom. The average molecular weight is 262 g/mol. The van der Waals surface area contributed by atoms with E-state index in [9.17, 15) is 5.11 Å². The highest BCUT2D eigenvalue weighted by molar-refractivity contribution is 4.70. The van der Waals surface area contributed by atoms with Gasteiger partial charge in [0.25, 0.3) is 5.97 Å². The van der Waals surface area contributed by atoms with Gasteiger partial charge < -0.3 is 19.3 Å². The van der Waals surface area contributed by atoms with Gasteiger partial charge in [-0.15, -0.1) is 0 Å². The molecule has 1 atom stereocenters. The van der Waals surface area contributed by atoms with Crippen LogP contribution in [0.2, 0.25) is 0 Å². The van der Waals surface area contributed by atoms with Gasteiger partial charge in [-0.25, -0.2) is 0 Å². The summed E-state index contributed by atoms with van der Waals surface area (Å²) in [5, 5.41) is 9.46. The maximum Gasteiger partial charge on any atom is 0.287 e. The minimum Gasteiger partial charge on any atom is -0.396 e. The number of methoxy groups -OCH3 is 3. The Labute approximate surface area is 112 Å². The minimum absolute atomic E-state index is 0.00444. The molecule has 0 heterocycles. The molecule has 4 heteroatoms. The molecular weight excluding hydrogens is 232 g/mol. The van der Waals surface area contributed by atoms with E-state index in [1.54, 1.807) is 0 Å². The SMILES string of the molecule is CCCCCCCCC(CO)C(OC)(OC)OC. The van der Waals surface area contributed by atoms with Crippen molar-refractivity contribution in [1.29, 1.82) is 0 Å². The van der Waals surface area contributed by atoms with Gasteiger partial charge in [0.05, 0.1) is 12.5 Å². The summed E-state index contributed by atoms with van der Waals surface area (Å²) in [6, 6.07) is 0. The lowest BCUT2D eigenvalue weighted by molar-refractivity contribution is -0.382. The largest absolute Gasteiger partial charge is 0.396 e. The highest BCUT2D eigenvalue weighted by Crippen LogP contribution is 2.28. The van der Waals surface area contributed by atoms with Gasteiger partial charge in [0.2, 0.25) is 0 Å². The predicted molar refractivity (Wildman–Crippen MR) is 72.3 cm³/mol. The first-order valence-electron chi connectivity index (χ1n) is 6.97. The molecule has 4 nitrogen and oxygen atoms in total. The number of hydrogen-bond acceptors (Lipinski definition) is 4. The van der Waals surface area contributed by atoms with Crippen molar-refractivity contribution in [3.05, 3.63) is 0 Å². The van der Waals surface area contributed by atoms with Crippen LogP contribution < -0.4 is 0 Å². The van der Waals surface area contributed by atoms with Gasteiger partial charge >= 0.3 is 0 Å². The van der Waals surface area contributed by atoms with Crippen LogP contribution in [-0.4, -0.2) is 39.0 Å². The highest BCUT2D eigenvalue weighted by atomic mass is 16.9. The molecule has 0 aromatic heterocycles. The third-order valence-electron chi connectivity index (χ3n) is 3.48. The van der Waals surface area contributed by atoms with E-state index in [4.69, 9.17) is 14.2 Å². The van der Waals surface area contributed by atoms with Crippen LogP contribution in [0.25, 0.3) is 0 Å². The number of aliphatic hydroxyl groups excluding tert-OH is 1. The fourth-order valence-electron chi connectivity index (χ4n) is 2.30. The fourth-order valence-corrected chi connectivity index (χ4v) is 2.30. The van der Waals surface area contributed by atoms with E-state index in [-0.39, 0.29) is 12.5 Å². The van der Waals surface area contributed by atoms with Gasteiger partial charge in [-0.3, -0.25) is 0 Å². The first kappa shape index (κ1) is 17.8. The molecule has 0 rings (SSSR count). The quantitative estimate of drug-likeness (QED) is 0.434. The number of rotatable bonds is 12. The molecule has 1 unspecified atom stereocenters. The van der Waals surface area contributed by atoms with E-state index < -0.39 is 5.97 Å². The van der Waals surface area contributed by atoms with E-state index in [1.807, 2.05) is 0 Å². The minimum atomic E-state index is -1.11. The van der Waals surface area contributed by atoms with Crippen LogP contribution >= 0.6 is 0 Å². The first-order valence-corrected chi connectivity index (χ1v) is 6.97. The summed E-state index contributed by atoms with van der Waals surface area (Å²) in [5.74, 6) is -1.26. The highest BCUT2D eigenvalue weighted by Gasteiger charge is 2.39. The van der Waals surface area contributed by atoms with Crippen molar-refractivity contribution < 1.29 is 19.3 Å². The molecule has 1 N–H and O–H groups in total. The summed E-state index contributed by atoms with van der Waals surface area (Å²) in [6.07, 6.45) is 8.21. The molecule has 0 saturated heterocycles. The zero-order valence-corrected chi connectivity index (χ0v) is 12.4. The molecule has 0 fully saturated rings. The topological polar surface area (TPSA) is 47.9 Å². The predicted octanol–water partition coefficient (Wildman–Crippen LogP) is 2.94. The average Bonchev–Trinajstić information content (AvgIpc) is 2.42. The van der Waals surface area contributed by atoms with E-state index in [0.717, 1.165) is 12.8 Å². The molecule has 0 aliphatic rings. The lowest BCUT2D eigenvalue weighted by Gasteiger charge is -2.35. The van der Waals surface area contributed by atoms with Crippen LogP contribution in [0.3, 0.4) is 0 Å². The van der Waals surface area contributed by atoms with E-state index >= 15 is 0 Å². The Balaban J connectivity index is 4.01. The number of aliphatic hydroxyl groups is 1. The third kappa shape index (κ3) is 5.65. The molecule has 0 aliphatic heterocycles. The Kier molecular flexibility index (Phi) is 10.6. The molecule has 0 aromatic carbocycles. The first-order chi connectivity index (χ1) is 8.70. The molecule has 0 aliphatic carbocycles. The summed E-state index contributed by atoms with van der Waals surface area (Å²) in [6.45, 7) is 2.22.